The molecule has 0 saturated carbocycles. The molecule has 7 heteroatoms. The highest BCUT2D eigenvalue weighted by Gasteiger charge is 2.33. The second-order valence-electron chi connectivity index (χ2n) is 4.47. The Labute approximate surface area is 126 Å². The zero-order valence-electron chi connectivity index (χ0n) is 12.3. The van der Waals surface area contributed by atoms with Crippen molar-refractivity contribution >= 4 is 11.9 Å². The summed E-state index contributed by atoms with van der Waals surface area (Å²) in [6, 6.07) is 5.22. The topological polar surface area (TPSA) is 52.6 Å². The van der Waals surface area contributed by atoms with Crippen LogP contribution in [0.5, 0.6) is 0 Å². The second-order valence-corrected chi connectivity index (χ2v) is 4.47. The van der Waals surface area contributed by atoms with Crippen LogP contribution in [0.2, 0.25) is 0 Å². The van der Waals surface area contributed by atoms with Gasteiger partial charge in [0.1, 0.15) is 0 Å². The van der Waals surface area contributed by atoms with Crippen molar-refractivity contribution in [3.05, 3.63) is 35.4 Å². The van der Waals surface area contributed by atoms with Gasteiger partial charge in [-0.2, -0.15) is 13.2 Å². The van der Waals surface area contributed by atoms with Gasteiger partial charge in [-0.3, -0.25) is 9.59 Å². The molecule has 0 spiro atoms. The average molecular weight is 318 g/mol. The zero-order chi connectivity index (χ0) is 16.8. The van der Waals surface area contributed by atoms with Crippen molar-refractivity contribution in [3.8, 4) is 0 Å². The molecule has 1 aromatic rings. The highest BCUT2D eigenvalue weighted by Crippen LogP contribution is 2.25. The first-order chi connectivity index (χ1) is 10.3. The standard InChI is InChI=1S/C15H17F3O4/c1-3-21-13(19)12(14(20)22-4-2)11-7-5-6-10(8-11)9-15(16,17)18/h5-8,12H,3-4,9H2,1-2H3. The minimum absolute atomic E-state index is 0.0383. The third-order valence-electron chi connectivity index (χ3n) is 2.73. The van der Waals surface area contributed by atoms with Gasteiger partial charge in [0, 0.05) is 0 Å². The van der Waals surface area contributed by atoms with E-state index < -0.39 is 30.5 Å². The molecule has 0 aliphatic heterocycles. The van der Waals surface area contributed by atoms with Gasteiger partial charge in [-0.1, -0.05) is 24.3 Å². The number of carbonyl (C=O) groups is 2. The number of ether oxygens (including phenoxy) is 2. The number of hydrogen-bond acceptors (Lipinski definition) is 4. The Morgan fingerprint density at radius 2 is 1.64 bits per heavy atom. The van der Waals surface area contributed by atoms with E-state index in [9.17, 15) is 22.8 Å². The van der Waals surface area contributed by atoms with Gasteiger partial charge < -0.3 is 9.47 Å². The molecular formula is C15H17F3O4. The van der Waals surface area contributed by atoms with Crippen LogP contribution >= 0.6 is 0 Å². The molecule has 0 radical (unpaired) electrons. The van der Waals surface area contributed by atoms with E-state index in [2.05, 4.69) is 0 Å². The summed E-state index contributed by atoms with van der Waals surface area (Å²) in [5, 5.41) is 0. The van der Waals surface area contributed by atoms with E-state index >= 15 is 0 Å². The van der Waals surface area contributed by atoms with Crippen LogP contribution in [0.15, 0.2) is 24.3 Å². The first-order valence-corrected chi connectivity index (χ1v) is 6.77. The molecule has 0 fully saturated rings. The van der Waals surface area contributed by atoms with Gasteiger partial charge in [-0.05, 0) is 25.0 Å². The van der Waals surface area contributed by atoms with Crippen LogP contribution in [0.25, 0.3) is 0 Å². The van der Waals surface area contributed by atoms with Gasteiger partial charge in [0.05, 0.1) is 19.6 Å². The number of halogens is 3. The van der Waals surface area contributed by atoms with Crippen LogP contribution in [-0.2, 0) is 25.5 Å². The van der Waals surface area contributed by atoms with Crippen molar-refractivity contribution in [1.82, 2.24) is 0 Å². The molecular weight excluding hydrogens is 301 g/mol. The molecule has 0 amide bonds. The Morgan fingerprint density at radius 1 is 1.09 bits per heavy atom. The molecule has 122 valence electrons. The van der Waals surface area contributed by atoms with E-state index in [4.69, 9.17) is 9.47 Å². The van der Waals surface area contributed by atoms with Crippen LogP contribution in [0.3, 0.4) is 0 Å². The predicted octanol–water partition coefficient (Wildman–Crippen LogP) is 3.00. The minimum atomic E-state index is -4.37. The summed E-state index contributed by atoms with van der Waals surface area (Å²) < 4.78 is 47.0. The Morgan fingerprint density at radius 3 is 2.09 bits per heavy atom. The molecule has 0 aromatic heterocycles. The molecule has 1 rings (SSSR count). The maximum atomic E-state index is 12.4. The third-order valence-corrected chi connectivity index (χ3v) is 2.73. The first kappa shape index (κ1) is 18.0. The number of hydrogen-bond donors (Lipinski definition) is 0. The average Bonchev–Trinajstić information content (AvgIpc) is 2.38. The molecule has 0 heterocycles. The maximum Gasteiger partial charge on any atom is 0.393 e. The Kier molecular flexibility index (Phi) is 6.39. The third kappa shape index (κ3) is 5.38. The fourth-order valence-electron chi connectivity index (χ4n) is 1.93. The molecule has 0 N–H and O–H groups in total. The lowest BCUT2D eigenvalue weighted by atomic mass is 9.96. The molecule has 0 atom stereocenters. The van der Waals surface area contributed by atoms with Crippen LogP contribution in [0.4, 0.5) is 13.2 Å². The van der Waals surface area contributed by atoms with Crippen molar-refractivity contribution < 1.29 is 32.2 Å². The molecule has 0 unspecified atom stereocenters. The molecule has 1 aromatic carbocycles. The van der Waals surface area contributed by atoms with Gasteiger partial charge in [0.2, 0.25) is 0 Å². The summed E-state index contributed by atoms with van der Waals surface area (Å²) in [5.41, 5.74) is 0.0854. The molecule has 4 nitrogen and oxygen atoms in total. The normalized spacial score (nSPS) is 11.4. The SMILES string of the molecule is CCOC(=O)C(C(=O)OCC)c1cccc(CC(F)(F)F)c1. The number of esters is 2. The Hall–Kier alpha value is -2.05. The fraction of sp³-hybridized carbons (Fsp3) is 0.467. The monoisotopic (exact) mass is 318 g/mol. The molecule has 0 aliphatic rings. The van der Waals surface area contributed by atoms with E-state index in [0.29, 0.717) is 0 Å². The van der Waals surface area contributed by atoms with E-state index in [1.165, 1.54) is 24.3 Å². The molecule has 0 saturated heterocycles. The maximum absolute atomic E-state index is 12.4. The number of alkyl halides is 3. The van der Waals surface area contributed by atoms with Crippen molar-refractivity contribution in [2.75, 3.05) is 13.2 Å². The summed E-state index contributed by atoms with van der Waals surface area (Å²) in [4.78, 5) is 23.8. The van der Waals surface area contributed by atoms with E-state index in [0.717, 1.165) is 0 Å². The van der Waals surface area contributed by atoms with Gasteiger partial charge in [0.25, 0.3) is 0 Å². The summed E-state index contributed by atoms with van der Waals surface area (Å²) in [7, 11) is 0. The Bertz CT molecular complexity index is 508. The highest BCUT2D eigenvalue weighted by atomic mass is 19.4. The highest BCUT2D eigenvalue weighted by molar-refractivity contribution is 6.00. The number of carbonyl (C=O) groups excluding carboxylic acids is 2. The molecule has 0 aliphatic carbocycles. The number of benzene rings is 1. The van der Waals surface area contributed by atoms with E-state index in [1.54, 1.807) is 13.8 Å². The van der Waals surface area contributed by atoms with Gasteiger partial charge >= 0.3 is 18.1 Å². The summed E-state index contributed by atoms with van der Waals surface area (Å²) in [5.74, 6) is -3.07. The number of rotatable bonds is 6. The van der Waals surface area contributed by atoms with Gasteiger partial charge in [-0.25, -0.2) is 0 Å². The van der Waals surface area contributed by atoms with Crippen LogP contribution in [0.1, 0.15) is 30.9 Å². The first-order valence-electron chi connectivity index (χ1n) is 6.77. The Balaban J connectivity index is 3.11. The van der Waals surface area contributed by atoms with Crippen molar-refractivity contribution in [3.63, 3.8) is 0 Å². The largest absolute Gasteiger partial charge is 0.465 e. The fourth-order valence-corrected chi connectivity index (χ4v) is 1.93. The lowest BCUT2D eigenvalue weighted by Gasteiger charge is -2.16. The molecule has 0 bridgehead atoms. The second kappa shape index (κ2) is 7.82. The van der Waals surface area contributed by atoms with Crippen LogP contribution in [-0.4, -0.2) is 31.3 Å². The lowest BCUT2D eigenvalue weighted by Crippen LogP contribution is -2.26. The smallest absolute Gasteiger partial charge is 0.393 e. The predicted molar refractivity (Wildman–Crippen MR) is 72.2 cm³/mol. The van der Waals surface area contributed by atoms with Crippen molar-refractivity contribution in [1.29, 1.82) is 0 Å². The zero-order valence-corrected chi connectivity index (χ0v) is 12.3. The van der Waals surface area contributed by atoms with Crippen LogP contribution in [0, 0.1) is 0 Å². The summed E-state index contributed by atoms with van der Waals surface area (Å²) >= 11 is 0. The van der Waals surface area contributed by atoms with Gasteiger partial charge in [-0.15, -0.1) is 0 Å². The molecule has 22 heavy (non-hydrogen) atoms. The quantitative estimate of drug-likeness (QED) is 0.598. The van der Waals surface area contributed by atoms with Crippen LogP contribution < -0.4 is 0 Å². The lowest BCUT2D eigenvalue weighted by molar-refractivity contribution is -0.156. The van der Waals surface area contributed by atoms with Crippen molar-refractivity contribution in [2.24, 2.45) is 0 Å². The minimum Gasteiger partial charge on any atom is -0.465 e. The van der Waals surface area contributed by atoms with E-state index in [1.807, 2.05) is 0 Å². The van der Waals surface area contributed by atoms with Crippen molar-refractivity contribution in [2.45, 2.75) is 32.4 Å². The van der Waals surface area contributed by atoms with E-state index in [-0.39, 0.29) is 24.3 Å². The summed E-state index contributed by atoms with van der Waals surface area (Å²) in [6.07, 6.45) is -5.51. The van der Waals surface area contributed by atoms with Gasteiger partial charge in [0.15, 0.2) is 5.92 Å². The summed E-state index contributed by atoms with van der Waals surface area (Å²) in [6.45, 7) is 3.24.